The van der Waals surface area contributed by atoms with Crippen molar-refractivity contribution in [1.29, 1.82) is 0 Å². The summed E-state index contributed by atoms with van der Waals surface area (Å²) in [4.78, 5) is 95.3. The van der Waals surface area contributed by atoms with Crippen LogP contribution in [0.5, 0.6) is 11.5 Å². The van der Waals surface area contributed by atoms with E-state index in [1.54, 1.807) is 49.6 Å². The molecule has 2 aliphatic carbocycles. The van der Waals surface area contributed by atoms with Gasteiger partial charge in [-0.1, -0.05) is 43.5 Å². The minimum absolute atomic E-state index is 0.0178. The summed E-state index contributed by atoms with van der Waals surface area (Å²) in [7, 11) is 1.57. The van der Waals surface area contributed by atoms with Crippen LogP contribution in [-0.4, -0.2) is 117 Å². The quantitative estimate of drug-likeness (QED) is 0.0798. The van der Waals surface area contributed by atoms with Gasteiger partial charge in [0.1, 0.15) is 40.9 Å². The van der Waals surface area contributed by atoms with Crippen molar-refractivity contribution < 1.29 is 43.3 Å². The molecule has 6 atom stereocenters. The molecule has 3 aliphatic heterocycles. The fourth-order valence-corrected chi connectivity index (χ4v) is 10.5. The van der Waals surface area contributed by atoms with E-state index in [1.165, 1.54) is 21.1 Å². The molecule has 352 valence electrons. The highest BCUT2D eigenvalue weighted by molar-refractivity contribution is 7.14. The van der Waals surface area contributed by atoms with Gasteiger partial charge in [0.2, 0.25) is 11.8 Å². The number of thiazole rings is 1. The molecule has 2 aromatic carbocycles. The maximum absolute atomic E-state index is 15.0. The zero-order valence-corrected chi connectivity index (χ0v) is 38.6. The normalized spacial score (nSPS) is 25.2. The van der Waals surface area contributed by atoms with Crippen LogP contribution in [0.2, 0.25) is 0 Å². The van der Waals surface area contributed by atoms with Crippen molar-refractivity contribution in [2.45, 2.75) is 114 Å². The number of carbonyl (C=O) groups is 6. The molecule has 2 saturated carbocycles. The SMILES string of the molecule is COc1ccc2c(OC3C[C@H]4C(=O)N[C@]5(C(=O)O)CC5/C=C\CCCCC[C@H](NC(=O)NC(CN5C(=O)c6ccccc6C5=O)C5CCC5)C(=O)N4C3)cc(-c3csc(NC(C)C)n3)nc2c1. The van der Waals surface area contributed by atoms with Crippen molar-refractivity contribution in [1.82, 2.24) is 35.7 Å². The first kappa shape index (κ1) is 45.6. The van der Waals surface area contributed by atoms with Gasteiger partial charge in [-0.25, -0.2) is 19.6 Å². The van der Waals surface area contributed by atoms with Gasteiger partial charge in [-0.2, -0.15) is 0 Å². The van der Waals surface area contributed by atoms with E-state index in [-0.39, 0.29) is 44.3 Å². The van der Waals surface area contributed by atoms with Gasteiger partial charge in [0.25, 0.3) is 11.8 Å². The van der Waals surface area contributed by atoms with Crippen LogP contribution < -0.4 is 30.7 Å². The fourth-order valence-electron chi connectivity index (χ4n) is 9.69. The number of benzene rings is 2. The third-order valence-electron chi connectivity index (χ3n) is 13.7. The number of carboxylic acids is 1. The number of nitrogens with one attached hydrogen (secondary N) is 4. The maximum atomic E-state index is 15.0. The topological polar surface area (TPSA) is 221 Å². The van der Waals surface area contributed by atoms with Gasteiger partial charge in [0.05, 0.1) is 42.0 Å². The molecule has 6 amide bonds. The Labute approximate surface area is 392 Å². The minimum Gasteiger partial charge on any atom is -0.497 e. The smallest absolute Gasteiger partial charge is 0.330 e. The average Bonchev–Trinajstić information content (AvgIpc) is 3.51. The second kappa shape index (κ2) is 19.0. The Hall–Kier alpha value is -6.56. The summed E-state index contributed by atoms with van der Waals surface area (Å²) in [5, 5.41) is 25.8. The first-order valence-electron chi connectivity index (χ1n) is 23.2. The Bertz CT molecular complexity index is 2600. The van der Waals surface area contributed by atoms with Gasteiger partial charge in [0.15, 0.2) is 5.13 Å². The summed E-state index contributed by atoms with van der Waals surface area (Å²) in [5.41, 5.74) is 0.878. The molecule has 17 nitrogen and oxygen atoms in total. The molecule has 5 aliphatic rings. The van der Waals surface area contributed by atoms with Crippen LogP contribution in [0.15, 0.2) is 66.1 Å². The molecule has 4 aromatic rings. The number of pyridine rings is 1. The number of carbonyl (C=O) groups excluding carboxylic acids is 5. The number of aromatic nitrogens is 2. The highest BCUT2D eigenvalue weighted by Gasteiger charge is 2.61. The monoisotopic (exact) mass is 932 g/mol. The first-order chi connectivity index (χ1) is 32.3. The first-order valence-corrected chi connectivity index (χ1v) is 24.1. The van der Waals surface area contributed by atoms with Gasteiger partial charge in [-0.3, -0.25) is 24.1 Å². The number of anilines is 1. The van der Waals surface area contributed by atoms with Crippen LogP contribution in [-0.2, 0) is 14.4 Å². The number of hydrogen-bond acceptors (Lipinski definition) is 12. The highest BCUT2D eigenvalue weighted by atomic mass is 32.1. The molecule has 67 heavy (non-hydrogen) atoms. The van der Waals surface area contributed by atoms with Crippen molar-refractivity contribution in [2.24, 2.45) is 11.8 Å². The van der Waals surface area contributed by atoms with Crippen molar-refractivity contribution in [2.75, 3.05) is 25.5 Å². The van der Waals surface area contributed by atoms with Crippen LogP contribution in [0.3, 0.4) is 0 Å². The Kier molecular flexibility index (Phi) is 12.9. The van der Waals surface area contributed by atoms with E-state index in [0.717, 1.165) is 37.2 Å². The molecule has 9 rings (SSSR count). The molecule has 3 fully saturated rings. The van der Waals surface area contributed by atoms with Crippen molar-refractivity contribution in [3.05, 3.63) is 77.2 Å². The van der Waals surface area contributed by atoms with Gasteiger partial charge in [-0.15, -0.1) is 11.3 Å². The number of carboxylic acid groups (broad SMARTS) is 1. The third kappa shape index (κ3) is 9.40. The summed E-state index contributed by atoms with van der Waals surface area (Å²) >= 11 is 1.45. The number of nitrogens with zero attached hydrogens (tertiary/aromatic N) is 4. The third-order valence-corrected chi connectivity index (χ3v) is 14.4. The van der Waals surface area contributed by atoms with Crippen LogP contribution in [0.4, 0.5) is 9.93 Å². The van der Waals surface area contributed by atoms with E-state index in [1.807, 2.05) is 37.4 Å². The number of ether oxygens (including phenoxy) is 2. The van der Waals surface area contributed by atoms with Crippen molar-refractivity contribution >= 4 is 63.0 Å². The zero-order valence-electron chi connectivity index (χ0n) is 37.8. The number of imide groups is 1. The van der Waals surface area contributed by atoms with E-state index in [9.17, 15) is 29.1 Å². The van der Waals surface area contributed by atoms with Crippen LogP contribution >= 0.6 is 11.3 Å². The number of allylic oxidation sites excluding steroid dienone is 1. The average molecular weight is 933 g/mol. The lowest BCUT2D eigenvalue weighted by Gasteiger charge is -2.36. The van der Waals surface area contributed by atoms with E-state index < -0.39 is 71.3 Å². The number of urea groups is 1. The Balaban J connectivity index is 0.996. The highest BCUT2D eigenvalue weighted by Crippen LogP contribution is 2.46. The number of hydrogen-bond donors (Lipinski definition) is 5. The number of fused-ring (bicyclic) bond motifs is 4. The van der Waals surface area contributed by atoms with Crippen LogP contribution in [0.1, 0.15) is 98.8 Å². The van der Waals surface area contributed by atoms with Crippen LogP contribution in [0.25, 0.3) is 22.3 Å². The standard InChI is InChI=1S/C49H56N8O9S/c1-27(2)50-48-54-39(26-67-48)37-22-41(34-19-18-30(65-3)20-36(34)51-37)66-31-21-40-42(58)55-49(46(62)63)23-29(49)14-7-5-4-6-8-17-35(45(61)56(40)24-31)52-47(64)53-38(28-12-11-13-28)25-57-43(59)32-15-9-10-16-33(32)44(57)60/h7,9-10,14-16,18-20,22,26-29,31,35,38,40H,4-6,8,11-13,17,21,23-25H2,1-3H3,(H,50,54)(H,55,58)(H,62,63)(H2,52,53,64)/b14-7-/t29?,31?,35-,38?,40-,49+/m0/s1. The second-order valence-corrected chi connectivity index (χ2v) is 19.4. The Morgan fingerprint density at radius 3 is 2.45 bits per heavy atom. The Morgan fingerprint density at radius 2 is 1.75 bits per heavy atom. The molecule has 5 N–H and O–H groups in total. The molecule has 0 spiro atoms. The number of rotatable bonds is 12. The summed E-state index contributed by atoms with van der Waals surface area (Å²) in [6.07, 6.45) is 8.93. The van der Waals surface area contributed by atoms with Gasteiger partial charge < -0.3 is 40.7 Å². The lowest BCUT2D eigenvalue weighted by Crippen LogP contribution is -2.59. The summed E-state index contributed by atoms with van der Waals surface area (Å²) < 4.78 is 12.3. The van der Waals surface area contributed by atoms with Crippen molar-refractivity contribution in [3.63, 3.8) is 0 Å². The molecule has 0 radical (unpaired) electrons. The van der Waals surface area contributed by atoms with Gasteiger partial charge >= 0.3 is 12.0 Å². The lowest BCUT2D eigenvalue weighted by atomic mass is 9.79. The second-order valence-electron chi connectivity index (χ2n) is 18.6. The zero-order chi connectivity index (χ0) is 47.0. The molecule has 5 heterocycles. The molecular weight excluding hydrogens is 877 g/mol. The van der Waals surface area contributed by atoms with Gasteiger partial charge in [-0.05, 0) is 82.6 Å². The molecule has 2 aromatic heterocycles. The molecule has 3 unspecified atom stereocenters. The maximum Gasteiger partial charge on any atom is 0.330 e. The molecule has 0 bridgehead atoms. The van der Waals surface area contributed by atoms with Crippen LogP contribution in [0, 0.1) is 11.8 Å². The molecular formula is C49H56N8O9S. The van der Waals surface area contributed by atoms with E-state index in [2.05, 4.69) is 21.3 Å². The number of methoxy groups -OCH3 is 1. The van der Waals surface area contributed by atoms with E-state index >= 15 is 4.79 Å². The van der Waals surface area contributed by atoms with E-state index in [4.69, 9.17) is 19.4 Å². The number of aliphatic carboxylic acids is 1. The van der Waals surface area contributed by atoms with Crippen molar-refractivity contribution in [3.8, 4) is 22.9 Å². The van der Waals surface area contributed by atoms with E-state index in [0.29, 0.717) is 57.8 Å². The summed E-state index contributed by atoms with van der Waals surface area (Å²) in [6, 6.07) is 10.6. The Morgan fingerprint density at radius 1 is 0.970 bits per heavy atom. The largest absolute Gasteiger partial charge is 0.497 e. The van der Waals surface area contributed by atoms with Gasteiger partial charge in [0, 0.05) is 47.8 Å². The predicted octanol–water partition coefficient (Wildman–Crippen LogP) is 6.15. The summed E-state index contributed by atoms with van der Waals surface area (Å²) in [5.74, 6) is -2.47. The molecule has 1 saturated heterocycles. The predicted molar refractivity (Wildman–Crippen MR) is 250 cm³/mol. The lowest BCUT2D eigenvalue weighted by molar-refractivity contribution is -0.145. The fraction of sp³-hybridized carbons (Fsp3) is 0.469. The minimum atomic E-state index is -1.51. The summed E-state index contributed by atoms with van der Waals surface area (Å²) in [6.45, 7) is 3.99. The number of amides is 6. The molecule has 18 heteroatoms.